The molecule has 0 saturated carbocycles. The van der Waals surface area contributed by atoms with Gasteiger partial charge in [0.25, 0.3) is 5.91 Å². The van der Waals surface area contributed by atoms with Crippen molar-refractivity contribution in [3.05, 3.63) is 64.2 Å². The van der Waals surface area contributed by atoms with E-state index in [4.69, 9.17) is 16.6 Å². The van der Waals surface area contributed by atoms with E-state index >= 15 is 4.39 Å². The molecule has 1 aromatic carbocycles. The van der Waals surface area contributed by atoms with E-state index in [-0.39, 0.29) is 34.7 Å². The summed E-state index contributed by atoms with van der Waals surface area (Å²) in [4.78, 5) is 19.8. The minimum absolute atomic E-state index is 0.00985. The Morgan fingerprint density at radius 3 is 1.97 bits per heavy atom. The Bertz CT molecular complexity index is 1210. The SMILES string of the molecule is BC(B)(B)c1ccc(C(B)(B)NC(B)(B)C2(F)C(B)(B)CN(C(=O)c3ccc(F)c(Cl)c3)CC2(B)B)nc1. The monoisotopic (exact) mass is 525 g/mol. The molecule has 2 aromatic rings. The predicted molar refractivity (Wildman–Crippen MR) is 184 cm³/mol. The van der Waals surface area contributed by atoms with Gasteiger partial charge in [-0.2, -0.15) is 0 Å². The highest BCUT2D eigenvalue weighted by molar-refractivity contribution is 6.59. The summed E-state index contributed by atoms with van der Waals surface area (Å²) >= 11 is 5.94. The molecule has 0 spiro atoms. The fourth-order valence-corrected chi connectivity index (χ4v) is 7.11. The molecule has 0 bridgehead atoms. The number of carbonyl (C=O) groups is 1. The average Bonchev–Trinajstić information content (AvgIpc) is 2.76. The van der Waals surface area contributed by atoms with Crippen LogP contribution >= 0.6 is 11.6 Å². The van der Waals surface area contributed by atoms with Gasteiger partial charge in [0.05, 0.1) is 28.6 Å². The Morgan fingerprint density at radius 1 is 0.974 bits per heavy atom. The summed E-state index contributed by atoms with van der Waals surface area (Å²) in [6, 6.07) is 8.05. The maximum Gasteiger partial charge on any atom is 0.253 e. The van der Waals surface area contributed by atoms with Gasteiger partial charge in [0.2, 0.25) is 0 Å². The average molecular weight is 524 g/mol. The third-order valence-electron chi connectivity index (χ3n) is 8.25. The van der Waals surface area contributed by atoms with Crippen molar-refractivity contribution in [3.63, 3.8) is 0 Å². The number of pyridine rings is 1. The molecule has 1 amide bonds. The van der Waals surface area contributed by atoms with Crippen LogP contribution in [0.25, 0.3) is 0 Å². The van der Waals surface area contributed by atoms with Gasteiger partial charge in [-0.3, -0.25) is 9.78 Å². The van der Waals surface area contributed by atoms with Crippen LogP contribution in [0, 0.1) is 5.82 Å². The number of amides is 1. The number of likely N-dealkylation sites (tertiary alicyclic amines) is 1. The number of benzene rings is 1. The van der Waals surface area contributed by atoms with Crippen LogP contribution in [0.4, 0.5) is 8.78 Å². The Labute approximate surface area is 241 Å². The molecule has 1 fully saturated rings. The molecule has 1 saturated heterocycles. The molecule has 188 valence electrons. The number of hydrogen-bond acceptors (Lipinski definition) is 3. The van der Waals surface area contributed by atoms with Gasteiger partial charge in [-0.1, -0.05) is 22.8 Å². The minimum atomic E-state index is -1.73. The molecular weight excluding hydrogens is 491 g/mol. The first kappa shape index (κ1) is 31.2. The van der Waals surface area contributed by atoms with Crippen LogP contribution in [0.5, 0.6) is 0 Å². The van der Waals surface area contributed by atoms with Crippen LogP contribution in [-0.2, 0) is 10.5 Å². The molecule has 1 aromatic heterocycles. The first-order valence-electron chi connectivity index (χ1n) is 13.3. The molecule has 4 nitrogen and oxygen atoms in total. The van der Waals surface area contributed by atoms with Crippen LogP contribution in [0.3, 0.4) is 0 Å². The minimum Gasteiger partial charge on any atom is -0.340 e. The van der Waals surface area contributed by atoms with E-state index < -0.39 is 32.6 Å². The van der Waals surface area contributed by atoms with E-state index in [1.165, 1.54) is 18.2 Å². The van der Waals surface area contributed by atoms with E-state index in [1.807, 2.05) is 75.0 Å². The first-order chi connectivity index (χ1) is 17.1. The largest absolute Gasteiger partial charge is 0.340 e. The van der Waals surface area contributed by atoms with Gasteiger partial charge in [0.15, 0.2) is 0 Å². The topological polar surface area (TPSA) is 45.2 Å². The van der Waals surface area contributed by atoms with Crippen molar-refractivity contribution >= 4 is 104 Å². The van der Waals surface area contributed by atoms with E-state index in [0.29, 0.717) is 0 Å². The summed E-state index contributed by atoms with van der Waals surface area (Å²) in [6.45, 7) is 0.398. The number of aromatic nitrogens is 1. The second kappa shape index (κ2) is 9.94. The highest BCUT2D eigenvalue weighted by Crippen LogP contribution is 2.58. The third-order valence-corrected chi connectivity index (χ3v) is 8.54. The fraction of sp³-hybridized carbons (Fsp3) is 0.400. The molecule has 3 rings (SSSR count). The summed E-state index contributed by atoms with van der Waals surface area (Å²) < 4.78 is 31.5. The number of nitrogens with one attached hydrogen (secondary N) is 1. The lowest BCUT2D eigenvalue weighted by atomic mass is 9.24. The van der Waals surface area contributed by atoms with Gasteiger partial charge in [-0.15, -0.1) is 0 Å². The summed E-state index contributed by atoms with van der Waals surface area (Å²) in [7, 11) is 21.8. The number of nitrogens with zero attached hydrogens (tertiary/aromatic N) is 2. The number of rotatable bonds is 6. The zero-order valence-corrected chi connectivity index (χ0v) is 25.6. The molecule has 0 aliphatic carbocycles. The molecule has 0 radical (unpaired) electrons. The van der Waals surface area contributed by atoms with Crippen molar-refractivity contribution in [2.24, 2.45) is 0 Å². The Balaban J connectivity index is 1.93. The number of piperidine rings is 1. The standard InChI is InChI=1S/C20H33B11ClF2N3O/c21-15(22)7-37(14(38)9-1-3-12(33)11(32)5-9)8-16(23,24)19(15,34)20(30,31)36-18(28,29)13-4-2-10(6-35-13)17(25,26)27/h1-6,36H,7-8,21-31H2. The molecule has 38 heavy (non-hydrogen) atoms. The molecule has 1 N–H and O–H groups in total. The van der Waals surface area contributed by atoms with Crippen molar-refractivity contribution in [1.29, 1.82) is 0 Å². The van der Waals surface area contributed by atoms with E-state index in [2.05, 4.69) is 34.9 Å². The molecule has 18 heteroatoms. The fourth-order valence-electron chi connectivity index (χ4n) is 6.93. The first-order valence-corrected chi connectivity index (χ1v) is 13.6. The van der Waals surface area contributed by atoms with Crippen LogP contribution in [-0.4, -0.2) is 126 Å². The van der Waals surface area contributed by atoms with Crippen LogP contribution in [0.1, 0.15) is 21.6 Å². The maximum atomic E-state index is 17.8. The molecular formula is C20H33B11ClF2N3O. The quantitative estimate of drug-likeness (QED) is 0.383. The summed E-state index contributed by atoms with van der Waals surface area (Å²) in [6.07, 6.45) is 1.90. The van der Waals surface area contributed by atoms with Crippen molar-refractivity contribution in [3.8, 4) is 0 Å². The molecule has 1 aliphatic rings. The third kappa shape index (κ3) is 5.48. The van der Waals surface area contributed by atoms with Gasteiger partial charge < -0.3 is 10.2 Å². The summed E-state index contributed by atoms with van der Waals surface area (Å²) in [5.41, 5.74) is 0.531. The van der Waals surface area contributed by atoms with Crippen molar-refractivity contribution in [1.82, 2.24) is 15.2 Å². The molecule has 1 aliphatic heterocycles. The Hall–Kier alpha value is -1.34. The highest BCUT2D eigenvalue weighted by atomic mass is 35.5. The number of carbonyl (C=O) groups excluding carboxylic acids is 1. The Morgan fingerprint density at radius 2 is 1.53 bits per heavy atom. The number of alkyl halides is 1. The van der Waals surface area contributed by atoms with Crippen LogP contribution < -0.4 is 5.32 Å². The summed E-state index contributed by atoms with van der Waals surface area (Å²) in [5, 5.41) is 0.0273. The van der Waals surface area contributed by atoms with Crippen LogP contribution in [0.15, 0.2) is 36.5 Å². The lowest BCUT2D eigenvalue weighted by molar-refractivity contribution is 0.00532. The van der Waals surface area contributed by atoms with Crippen molar-refractivity contribution in [2.75, 3.05) is 13.1 Å². The predicted octanol–water partition coefficient (Wildman–Crippen LogP) is -7.60. The molecule has 0 atom stereocenters. The van der Waals surface area contributed by atoms with Gasteiger partial charge in [0.1, 0.15) is 74.3 Å². The number of halogens is 3. The second-order valence-electron chi connectivity index (χ2n) is 14.3. The van der Waals surface area contributed by atoms with E-state index in [1.54, 1.807) is 4.90 Å². The van der Waals surface area contributed by atoms with Crippen LogP contribution in [0.2, 0.25) is 15.5 Å². The van der Waals surface area contributed by atoms with Gasteiger partial charge in [0, 0.05) is 30.5 Å². The molecule has 0 unspecified atom stereocenters. The van der Waals surface area contributed by atoms with Gasteiger partial charge in [-0.05, 0) is 50.9 Å². The smallest absolute Gasteiger partial charge is 0.253 e. The maximum absolute atomic E-state index is 17.8. The molecule has 2 heterocycles. The summed E-state index contributed by atoms with van der Waals surface area (Å²) in [5.74, 6) is -0.868. The normalized spacial score (nSPS) is 19.1. The Kier molecular flexibility index (Phi) is 8.16. The van der Waals surface area contributed by atoms with Crippen molar-refractivity contribution < 1.29 is 13.6 Å². The zero-order chi connectivity index (χ0) is 29.1. The van der Waals surface area contributed by atoms with E-state index in [0.717, 1.165) is 11.3 Å². The second-order valence-corrected chi connectivity index (χ2v) is 14.7. The number of hydrogen-bond donors (Lipinski definition) is 1. The van der Waals surface area contributed by atoms with Crippen molar-refractivity contribution in [2.45, 2.75) is 31.9 Å². The van der Waals surface area contributed by atoms with Gasteiger partial charge >= 0.3 is 0 Å². The lowest BCUT2D eigenvalue weighted by Crippen LogP contribution is -2.79. The van der Waals surface area contributed by atoms with E-state index in [9.17, 15) is 9.18 Å². The van der Waals surface area contributed by atoms with Gasteiger partial charge in [-0.25, -0.2) is 8.78 Å². The lowest BCUT2D eigenvalue weighted by Gasteiger charge is -2.65. The highest BCUT2D eigenvalue weighted by Gasteiger charge is 2.66. The zero-order valence-electron chi connectivity index (χ0n) is 24.8.